The summed E-state index contributed by atoms with van der Waals surface area (Å²) in [5, 5.41) is 16.6. The first-order valence-corrected chi connectivity index (χ1v) is 7.12. The Bertz CT molecular complexity index is 983. The number of fused-ring (bicyclic) bond motifs is 2. The molecule has 5 nitrogen and oxygen atoms in total. The van der Waals surface area contributed by atoms with Crippen molar-refractivity contribution in [1.82, 2.24) is 20.4 Å². The Hall–Kier alpha value is -2.95. The van der Waals surface area contributed by atoms with Gasteiger partial charge in [0.1, 0.15) is 6.29 Å². The van der Waals surface area contributed by atoms with Gasteiger partial charge < -0.3 is 0 Å². The van der Waals surface area contributed by atoms with Crippen molar-refractivity contribution in [2.75, 3.05) is 0 Å². The zero-order valence-corrected chi connectivity index (χ0v) is 12.0. The summed E-state index contributed by atoms with van der Waals surface area (Å²) in [6.45, 7) is 2.12. The van der Waals surface area contributed by atoms with Crippen LogP contribution in [0.25, 0.3) is 21.8 Å². The molecule has 0 bridgehead atoms. The maximum absolute atomic E-state index is 11.0. The largest absolute Gasteiger partial charge is 0.298 e. The molecule has 5 heteroatoms. The van der Waals surface area contributed by atoms with Crippen LogP contribution in [0.15, 0.2) is 42.6 Å². The number of hydrogen-bond acceptors (Lipinski definition) is 3. The predicted octanol–water partition coefficient (Wildman–Crippen LogP) is 3.40. The van der Waals surface area contributed by atoms with E-state index >= 15 is 0 Å². The molecule has 0 spiro atoms. The summed E-state index contributed by atoms with van der Waals surface area (Å²) < 4.78 is 0. The summed E-state index contributed by atoms with van der Waals surface area (Å²) in [4.78, 5) is 11.0. The van der Waals surface area contributed by atoms with Crippen LogP contribution >= 0.6 is 0 Å². The highest BCUT2D eigenvalue weighted by Gasteiger charge is 2.15. The number of aldehydes is 1. The molecule has 0 amide bonds. The SMILES string of the molecule is CC(c1ccc2cn[nH]c2c1)c1[nH]nc2ccc(C=O)cc12. The Morgan fingerprint density at radius 1 is 1.14 bits per heavy atom. The third-order valence-corrected chi connectivity index (χ3v) is 4.14. The summed E-state index contributed by atoms with van der Waals surface area (Å²) in [5.74, 6) is 0.139. The van der Waals surface area contributed by atoms with Gasteiger partial charge >= 0.3 is 0 Å². The van der Waals surface area contributed by atoms with Crippen LogP contribution < -0.4 is 0 Å². The number of nitrogens with one attached hydrogen (secondary N) is 2. The second-order valence-corrected chi connectivity index (χ2v) is 5.47. The van der Waals surface area contributed by atoms with Crippen molar-refractivity contribution in [1.29, 1.82) is 0 Å². The number of aromatic amines is 2. The number of carbonyl (C=O) groups excluding carboxylic acids is 1. The van der Waals surface area contributed by atoms with Crippen molar-refractivity contribution in [3.05, 3.63) is 59.4 Å². The quantitative estimate of drug-likeness (QED) is 0.568. The first kappa shape index (κ1) is 12.8. The second-order valence-electron chi connectivity index (χ2n) is 5.47. The molecule has 2 N–H and O–H groups in total. The van der Waals surface area contributed by atoms with E-state index in [2.05, 4.69) is 45.5 Å². The maximum Gasteiger partial charge on any atom is 0.150 e. The van der Waals surface area contributed by atoms with Crippen molar-refractivity contribution in [2.45, 2.75) is 12.8 Å². The van der Waals surface area contributed by atoms with Gasteiger partial charge in [-0.15, -0.1) is 0 Å². The number of carbonyl (C=O) groups is 1. The van der Waals surface area contributed by atoms with Gasteiger partial charge in [0, 0.05) is 22.3 Å². The van der Waals surface area contributed by atoms with Gasteiger partial charge in [0.15, 0.2) is 0 Å². The number of H-pyrrole nitrogens is 2. The summed E-state index contributed by atoms with van der Waals surface area (Å²) in [7, 11) is 0. The molecule has 108 valence electrons. The van der Waals surface area contributed by atoms with Crippen molar-refractivity contribution < 1.29 is 4.79 Å². The number of benzene rings is 2. The maximum atomic E-state index is 11.0. The highest BCUT2D eigenvalue weighted by atomic mass is 16.1. The zero-order valence-electron chi connectivity index (χ0n) is 12.0. The van der Waals surface area contributed by atoms with Crippen molar-refractivity contribution in [3.63, 3.8) is 0 Å². The zero-order chi connectivity index (χ0) is 15.1. The molecular formula is C17H14N4O. The van der Waals surface area contributed by atoms with Crippen LogP contribution in [0.4, 0.5) is 0 Å². The van der Waals surface area contributed by atoms with Gasteiger partial charge in [0.05, 0.1) is 22.9 Å². The van der Waals surface area contributed by atoms with Crippen LogP contribution in [-0.2, 0) is 0 Å². The molecular weight excluding hydrogens is 276 g/mol. The predicted molar refractivity (Wildman–Crippen MR) is 85.1 cm³/mol. The summed E-state index contributed by atoms with van der Waals surface area (Å²) in [6.07, 6.45) is 2.67. The fourth-order valence-corrected chi connectivity index (χ4v) is 2.84. The van der Waals surface area contributed by atoms with Gasteiger partial charge in [-0.1, -0.05) is 19.1 Å². The molecule has 1 unspecified atom stereocenters. The molecule has 2 heterocycles. The molecule has 0 aliphatic rings. The normalized spacial score (nSPS) is 12.8. The molecule has 2 aromatic heterocycles. The molecule has 0 radical (unpaired) electrons. The van der Waals surface area contributed by atoms with Gasteiger partial charge in [-0.2, -0.15) is 10.2 Å². The van der Waals surface area contributed by atoms with E-state index in [1.165, 1.54) is 5.56 Å². The van der Waals surface area contributed by atoms with E-state index in [-0.39, 0.29) is 5.92 Å². The molecule has 0 fully saturated rings. The van der Waals surface area contributed by atoms with Gasteiger partial charge in [-0.05, 0) is 29.8 Å². The van der Waals surface area contributed by atoms with Gasteiger partial charge in [0.2, 0.25) is 0 Å². The van der Waals surface area contributed by atoms with E-state index in [4.69, 9.17) is 0 Å². The van der Waals surface area contributed by atoms with Gasteiger partial charge in [0.25, 0.3) is 0 Å². The number of nitrogens with zero attached hydrogens (tertiary/aromatic N) is 2. The number of aromatic nitrogens is 4. The lowest BCUT2D eigenvalue weighted by Gasteiger charge is -2.11. The lowest BCUT2D eigenvalue weighted by Crippen LogP contribution is -1.97. The fraction of sp³-hybridized carbons (Fsp3) is 0.118. The molecule has 0 saturated heterocycles. The topological polar surface area (TPSA) is 74.4 Å². The number of hydrogen-bond donors (Lipinski definition) is 2. The minimum absolute atomic E-state index is 0.139. The van der Waals surface area contributed by atoms with E-state index in [0.29, 0.717) is 5.56 Å². The minimum Gasteiger partial charge on any atom is -0.298 e. The molecule has 1 atom stereocenters. The van der Waals surface area contributed by atoms with Crippen LogP contribution in [0.2, 0.25) is 0 Å². The first-order chi connectivity index (χ1) is 10.8. The smallest absolute Gasteiger partial charge is 0.150 e. The highest BCUT2D eigenvalue weighted by molar-refractivity contribution is 5.89. The van der Waals surface area contributed by atoms with Crippen LogP contribution in [0.3, 0.4) is 0 Å². The van der Waals surface area contributed by atoms with E-state index in [9.17, 15) is 4.79 Å². The minimum atomic E-state index is 0.139. The van der Waals surface area contributed by atoms with Gasteiger partial charge in [-0.3, -0.25) is 15.0 Å². The number of rotatable bonds is 3. The van der Waals surface area contributed by atoms with Crippen molar-refractivity contribution in [3.8, 4) is 0 Å². The van der Waals surface area contributed by atoms with E-state index < -0.39 is 0 Å². The Balaban J connectivity index is 1.84. The second kappa shape index (κ2) is 4.80. The average molecular weight is 290 g/mol. The fourth-order valence-electron chi connectivity index (χ4n) is 2.84. The van der Waals surface area contributed by atoms with Crippen LogP contribution in [0.5, 0.6) is 0 Å². The Morgan fingerprint density at radius 2 is 2.05 bits per heavy atom. The first-order valence-electron chi connectivity index (χ1n) is 7.12. The Morgan fingerprint density at radius 3 is 2.91 bits per heavy atom. The van der Waals surface area contributed by atoms with E-state index in [0.717, 1.165) is 33.8 Å². The molecule has 4 rings (SSSR count). The van der Waals surface area contributed by atoms with Crippen LogP contribution in [0.1, 0.15) is 34.5 Å². The summed E-state index contributed by atoms with van der Waals surface area (Å²) >= 11 is 0. The monoisotopic (exact) mass is 290 g/mol. The molecule has 0 aliphatic heterocycles. The van der Waals surface area contributed by atoms with Crippen molar-refractivity contribution >= 4 is 28.1 Å². The Labute approximate surface area is 126 Å². The Kier molecular flexibility index (Phi) is 2.79. The molecule has 4 aromatic rings. The molecule has 0 aliphatic carbocycles. The highest BCUT2D eigenvalue weighted by Crippen LogP contribution is 2.30. The van der Waals surface area contributed by atoms with Crippen molar-refractivity contribution in [2.24, 2.45) is 0 Å². The average Bonchev–Trinajstić information content (AvgIpc) is 3.19. The third-order valence-electron chi connectivity index (χ3n) is 4.14. The standard InChI is InChI=1S/C17H14N4O/c1-10(12-3-4-13-8-18-19-16(13)7-12)17-14-6-11(9-22)2-5-15(14)20-21-17/h2-10H,1H3,(H,18,19)(H,20,21). The van der Waals surface area contributed by atoms with Crippen LogP contribution in [0, 0.1) is 0 Å². The van der Waals surface area contributed by atoms with Crippen LogP contribution in [-0.4, -0.2) is 26.7 Å². The molecule has 2 aromatic carbocycles. The third kappa shape index (κ3) is 1.90. The molecule has 22 heavy (non-hydrogen) atoms. The van der Waals surface area contributed by atoms with E-state index in [1.807, 2.05) is 18.3 Å². The molecule has 0 saturated carbocycles. The van der Waals surface area contributed by atoms with E-state index in [1.54, 1.807) is 6.07 Å². The summed E-state index contributed by atoms with van der Waals surface area (Å²) in [5.41, 5.74) is 4.72. The lowest BCUT2D eigenvalue weighted by molar-refractivity contribution is 0.112. The lowest BCUT2D eigenvalue weighted by atomic mass is 9.94. The van der Waals surface area contributed by atoms with Gasteiger partial charge in [-0.25, -0.2) is 0 Å². The summed E-state index contributed by atoms with van der Waals surface area (Å²) in [6, 6.07) is 11.8.